The molecule has 0 N–H and O–H groups in total. The standard InChI is InChI=1S/C48H33N3/c1-46(2,3)28-25-26-49-41(27-28)33-16-12-19-36-43(33)48(49)44-37(47(36)34-17-7-4-13-29(34)30-14-5-8-18-35(30)47)24-23-32-31-15-6-9-20-38(31)50-39-21-10-11-22-40(39)51(48)45(50)42(32)44/h4-27H,1-3H3/q+2. The van der Waals surface area contributed by atoms with Crippen LogP contribution in [0.25, 0.3) is 60.7 Å². The van der Waals surface area contributed by atoms with Gasteiger partial charge in [-0.2, -0.15) is 4.40 Å². The van der Waals surface area contributed by atoms with Gasteiger partial charge in [-0.15, -0.1) is 9.13 Å². The van der Waals surface area contributed by atoms with Gasteiger partial charge < -0.3 is 0 Å². The first-order chi connectivity index (χ1) is 25.0. The highest BCUT2D eigenvalue weighted by Gasteiger charge is 2.72. The number of nitrogens with zero attached hydrogens (tertiary/aromatic N) is 3. The highest BCUT2D eigenvalue weighted by Crippen LogP contribution is 2.65. The van der Waals surface area contributed by atoms with Crippen molar-refractivity contribution in [3.63, 3.8) is 0 Å². The fourth-order valence-electron chi connectivity index (χ4n) is 11.2. The quantitative estimate of drug-likeness (QED) is 0.114. The maximum absolute atomic E-state index is 2.73. The second-order valence-corrected chi connectivity index (χ2v) is 16.1. The molecule has 2 aliphatic carbocycles. The third-order valence-electron chi connectivity index (χ3n) is 12.9. The van der Waals surface area contributed by atoms with E-state index in [1.54, 1.807) is 0 Å². The Morgan fingerprint density at radius 3 is 1.98 bits per heavy atom. The monoisotopic (exact) mass is 651 g/mol. The Bertz CT molecular complexity index is 3090. The summed E-state index contributed by atoms with van der Waals surface area (Å²) in [6.07, 6.45) is 2.41. The van der Waals surface area contributed by atoms with Crippen molar-refractivity contribution in [2.24, 2.45) is 0 Å². The van der Waals surface area contributed by atoms with Crippen molar-refractivity contribution in [1.29, 1.82) is 0 Å². The zero-order valence-corrected chi connectivity index (χ0v) is 28.7. The third kappa shape index (κ3) is 2.61. The molecule has 51 heavy (non-hydrogen) atoms. The fraction of sp³-hybridized carbons (Fsp3) is 0.125. The molecule has 1 unspecified atom stereocenters. The van der Waals surface area contributed by atoms with Gasteiger partial charge in [0.05, 0.1) is 27.5 Å². The van der Waals surface area contributed by atoms with Gasteiger partial charge in [0.25, 0.3) is 0 Å². The van der Waals surface area contributed by atoms with Crippen LogP contribution >= 0.6 is 0 Å². The maximum atomic E-state index is 2.73. The van der Waals surface area contributed by atoms with Gasteiger partial charge in [-0.1, -0.05) is 124 Å². The van der Waals surface area contributed by atoms with Crippen LogP contribution in [0.4, 0.5) is 0 Å². The number of benzene rings is 6. The Morgan fingerprint density at radius 2 is 1.20 bits per heavy atom. The van der Waals surface area contributed by atoms with Crippen LogP contribution in [-0.2, 0) is 16.5 Å². The molecule has 3 aromatic heterocycles. The predicted molar refractivity (Wildman–Crippen MR) is 203 cm³/mol. The van der Waals surface area contributed by atoms with Gasteiger partial charge in [0.2, 0.25) is 5.69 Å². The summed E-state index contributed by atoms with van der Waals surface area (Å²) in [7, 11) is 0. The van der Waals surface area contributed by atoms with Crippen LogP contribution in [0.15, 0.2) is 146 Å². The lowest BCUT2D eigenvalue weighted by atomic mass is 9.58. The van der Waals surface area contributed by atoms with Crippen molar-refractivity contribution in [2.75, 3.05) is 0 Å². The summed E-state index contributed by atoms with van der Waals surface area (Å²) in [6, 6.07) is 53.5. The molecule has 2 spiro atoms. The summed E-state index contributed by atoms with van der Waals surface area (Å²) in [5.74, 6) is 0. The molecule has 1 atom stereocenters. The van der Waals surface area contributed by atoms with E-state index in [0.717, 1.165) is 0 Å². The Balaban J connectivity index is 1.37. The first-order valence-corrected chi connectivity index (χ1v) is 18.2. The van der Waals surface area contributed by atoms with E-state index in [-0.39, 0.29) is 5.41 Å². The smallest absolute Gasteiger partial charge is 0.187 e. The first-order valence-electron chi connectivity index (χ1n) is 18.2. The van der Waals surface area contributed by atoms with E-state index >= 15 is 0 Å². The van der Waals surface area contributed by atoms with E-state index in [1.807, 2.05) is 0 Å². The van der Waals surface area contributed by atoms with Crippen LogP contribution in [-0.4, -0.2) is 4.40 Å². The molecule has 0 amide bonds. The molecule has 3 nitrogen and oxygen atoms in total. The topological polar surface area (TPSA) is 12.2 Å². The maximum Gasteiger partial charge on any atom is 0.365 e. The summed E-state index contributed by atoms with van der Waals surface area (Å²) < 4.78 is 7.94. The van der Waals surface area contributed by atoms with Crippen LogP contribution in [0.1, 0.15) is 59.7 Å². The normalized spacial score (nSPS) is 17.9. The number of imidazole rings is 1. The summed E-state index contributed by atoms with van der Waals surface area (Å²) in [5, 5.41) is 3.98. The van der Waals surface area contributed by atoms with Crippen molar-refractivity contribution < 1.29 is 9.13 Å². The predicted octanol–water partition coefficient (Wildman–Crippen LogP) is 9.54. The average Bonchev–Trinajstić information content (AvgIpc) is 3.86. The van der Waals surface area contributed by atoms with E-state index in [0.29, 0.717) is 0 Å². The number of hydrogen-bond acceptors (Lipinski definition) is 0. The third-order valence-corrected chi connectivity index (χ3v) is 12.9. The van der Waals surface area contributed by atoms with Gasteiger partial charge in [-0.25, -0.2) is 0 Å². The number of hydrogen-bond donors (Lipinski definition) is 0. The lowest BCUT2D eigenvalue weighted by Gasteiger charge is -2.42. The molecule has 9 aromatic rings. The Hall–Kier alpha value is -6.06. The highest BCUT2D eigenvalue weighted by atomic mass is 15.3. The Kier molecular flexibility index (Phi) is 4.34. The van der Waals surface area contributed by atoms with Crippen LogP contribution in [0, 0.1) is 0 Å². The lowest BCUT2D eigenvalue weighted by Crippen LogP contribution is -2.73. The fourth-order valence-corrected chi connectivity index (χ4v) is 11.2. The lowest BCUT2D eigenvalue weighted by molar-refractivity contribution is -0.940. The summed E-state index contributed by atoms with van der Waals surface area (Å²) >= 11 is 0. The zero-order valence-electron chi connectivity index (χ0n) is 28.7. The molecular weight excluding hydrogens is 619 g/mol. The molecule has 0 radical (unpaired) electrons. The minimum Gasteiger partial charge on any atom is -0.187 e. The molecule has 3 heteroatoms. The molecule has 4 aliphatic rings. The zero-order chi connectivity index (χ0) is 33.6. The molecule has 238 valence electrons. The van der Waals surface area contributed by atoms with E-state index in [4.69, 9.17) is 0 Å². The second-order valence-electron chi connectivity index (χ2n) is 16.1. The van der Waals surface area contributed by atoms with Gasteiger partial charge in [0, 0.05) is 22.9 Å². The minimum atomic E-state index is -0.613. The van der Waals surface area contributed by atoms with Crippen LogP contribution in [0.2, 0.25) is 0 Å². The molecule has 13 rings (SSSR count). The van der Waals surface area contributed by atoms with Crippen molar-refractivity contribution in [3.05, 3.63) is 185 Å². The number of rotatable bonds is 0. The van der Waals surface area contributed by atoms with Crippen LogP contribution in [0.5, 0.6) is 0 Å². The van der Waals surface area contributed by atoms with Gasteiger partial charge in [-0.05, 0) is 68.6 Å². The largest absolute Gasteiger partial charge is 0.365 e. The Morgan fingerprint density at radius 1 is 0.549 bits per heavy atom. The second kappa shape index (κ2) is 8.28. The van der Waals surface area contributed by atoms with Crippen molar-refractivity contribution in [2.45, 2.75) is 37.3 Å². The molecule has 5 heterocycles. The molecule has 2 aliphatic heterocycles. The minimum absolute atomic E-state index is 0.0126. The highest BCUT2D eigenvalue weighted by molar-refractivity contribution is 6.16. The summed E-state index contributed by atoms with van der Waals surface area (Å²) in [4.78, 5) is 0. The van der Waals surface area contributed by atoms with Crippen molar-refractivity contribution >= 4 is 38.4 Å². The summed E-state index contributed by atoms with van der Waals surface area (Å²) in [6.45, 7) is 6.99. The average molecular weight is 652 g/mol. The van der Waals surface area contributed by atoms with Crippen molar-refractivity contribution in [3.8, 4) is 22.4 Å². The first kappa shape index (κ1) is 26.8. The van der Waals surface area contributed by atoms with E-state index in [2.05, 4.69) is 180 Å². The van der Waals surface area contributed by atoms with Crippen LogP contribution in [0.3, 0.4) is 0 Å². The molecule has 6 aromatic carbocycles. The van der Waals surface area contributed by atoms with E-state index < -0.39 is 11.1 Å². The van der Waals surface area contributed by atoms with E-state index in [1.165, 1.54) is 99.7 Å². The number of fused-ring (bicyclic) bond motifs is 15. The van der Waals surface area contributed by atoms with Gasteiger partial charge in [-0.3, -0.25) is 0 Å². The molecular formula is C48H33N3+2. The Labute approximate surface area is 295 Å². The number of para-hydroxylation sites is 3. The van der Waals surface area contributed by atoms with Gasteiger partial charge in [0.1, 0.15) is 5.52 Å². The number of pyridine rings is 2. The molecule has 0 saturated heterocycles. The SMILES string of the molecule is CC(C)(C)c1cc[n+]2c(c1)-c1cccc3c1C21c2c(ccc4c5ccccc5n5c6ccccc6[n+]1c5c24)C31c2ccccc2-c2ccccc21. The van der Waals surface area contributed by atoms with E-state index in [9.17, 15) is 0 Å². The van der Waals surface area contributed by atoms with Crippen molar-refractivity contribution in [1.82, 2.24) is 4.40 Å². The molecule has 0 fully saturated rings. The summed E-state index contributed by atoms with van der Waals surface area (Å²) in [5.41, 5.74) is 19.0. The molecule has 0 bridgehead atoms. The molecule has 0 saturated carbocycles. The number of aromatic nitrogens is 3. The van der Waals surface area contributed by atoms with Crippen LogP contribution < -0.4 is 9.13 Å². The van der Waals surface area contributed by atoms with Gasteiger partial charge >= 0.3 is 11.3 Å². The van der Waals surface area contributed by atoms with Gasteiger partial charge in [0.15, 0.2) is 17.2 Å².